The number of aromatic amines is 1. The maximum Gasteiger partial charge on any atom is 0.349 e. The Bertz CT molecular complexity index is 616. The van der Waals surface area contributed by atoms with Gasteiger partial charge in [0.1, 0.15) is 11.6 Å². The minimum Gasteiger partial charge on any atom is -0.379 e. The minimum absolute atomic E-state index is 0.278. The molecule has 2 N–H and O–H groups in total. The maximum atomic E-state index is 11.4. The number of anilines is 1. The summed E-state index contributed by atoms with van der Waals surface area (Å²) in [6, 6.07) is 1.72. The third-order valence-electron chi connectivity index (χ3n) is 2.59. The first-order valence-electron chi connectivity index (χ1n) is 6.09. The molecular formula is C12H17N5O2. The van der Waals surface area contributed by atoms with Crippen molar-refractivity contribution in [1.29, 1.82) is 0 Å². The van der Waals surface area contributed by atoms with Gasteiger partial charge in [0.25, 0.3) is 0 Å². The van der Waals surface area contributed by atoms with Crippen molar-refractivity contribution in [3.05, 3.63) is 35.0 Å². The van der Waals surface area contributed by atoms with Crippen molar-refractivity contribution in [2.45, 2.75) is 13.3 Å². The summed E-state index contributed by atoms with van der Waals surface area (Å²) in [5, 5.41) is 9.43. The van der Waals surface area contributed by atoms with Gasteiger partial charge in [0.05, 0.1) is 13.2 Å². The molecule has 2 heterocycles. The second-order valence-corrected chi connectivity index (χ2v) is 4.03. The lowest BCUT2D eigenvalue weighted by Crippen LogP contribution is -2.15. The molecule has 0 atom stereocenters. The van der Waals surface area contributed by atoms with Crippen molar-refractivity contribution in [1.82, 2.24) is 19.6 Å². The lowest BCUT2D eigenvalue weighted by Gasteiger charge is -2.07. The number of aryl methyl sites for hydroxylation is 1. The number of rotatable bonds is 7. The van der Waals surface area contributed by atoms with Gasteiger partial charge in [0, 0.05) is 12.6 Å². The summed E-state index contributed by atoms with van der Waals surface area (Å²) in [5.74, 6) is 1.27. The molecule has 0 unspecified atom stereocenters. The second-order valence-electron chi connectivity index (χ2n) is 4.03. The van der Waals surface area contributed by atoms with Crippen molar-refractivity contribution in [3.8, 4) is 0 Å². The van der Waals surface area contributed by atoms with E-state index in [2.05, 4.69) is 27.1 Å². The van der Waals surface area contributed by atoms with Crippen molar-refractivity contribution in [3.63, 3.8) is 0 Å². The monoisotopic (exact) mass is 263 g/mol. The molecule has 0 aromatic carbocycles. The molecule has 0 amide bonds. The van der Waals surface area contributed by atoms with Crippen LogP contribution in [0, 0.1) is 6.92 Å². The van der Waals surface area contributed by atoms with Gasteiger partial charge >= 0.3 is 5.69 Å². The number of nitrogens with one attached hydrogen (secondary N) is 2. The third-order valence-corrected chi connectivity index (χ3v) is 2.59. The summed E-state index contributed by atoms with van der Waals surface area (Å²) in [4.78, 5) is 15.7. The van der Waals surface area contributed by atoms with Crippen LogP contribution in [-0.2, 0) is 4.74 Å². The number of hydrogen-bond acceptors (Lipinski definition) is 5. The van der Waals surface area contributed by atoms with E-state index in [1.54, 1.807) is 13.0 Å². The van der Waals surface area contributed by atoms with Gasteiger partial charge in [-0.1, -0.05) is 6.08 Å². The van der Waals surface area contributed by atoms with E-state index in [0.717, 1.165) is 6.42 Å². The zero-order valence-corrected chi connectivity index (χ0v) is 10.8. The average molecular weight is 263 g/mol. The third kappa shape index (κ3) is 3.19. The van der Waals surface area contributed by atoms with Gasteiger partial charge in [-0.3, -0.25) is 0 Å². The molecule has 2 rings (SSSR count). The van der Waals surface area contributed by atoms with E-state index < -0.39 is 0 Å². The number of hydrogen-bond donors (Lipinski definition) is 2. The van der Waals surface area contributed by atoms with E-state index >= 15 is 0 Å². The Labute approximate surface area is 110 Å². The van der Waals surface area contributed by atoms with E-state index in [-0.39, 0.29) is 5.69 Å². The summed E-state index contributed by atoms with van der Waals surface area (Å²) in [7, 11) is 0. The molecule has 0 fully saturated rings. The van der Waals surface area contributed by atoms with Gasteiger partial charge < -0.3 is 10.1 Å². The summed E-state index contributed by atoms with van der Waals surface area (Å²) in [6.07, 6.45) is 2.67. The fraction of sp³-hybridized carbons (Fsp3) is 0.417. The normalized spacial score (nSPS) is 10.8. The molecule has 0 spiro atoms. The Morgan fingerprint density at radius 1 is 1.58 bits per heavy atom. The van der Waals surface area contributed by atoms with E-state index in [1.807, 2.05) is 6.08 Å². The Balaban J connectivity index is 1.94. The molecule has 0 aliphatic rings. The van der Waals surface area contributed by atoms with Crippen molar-refractivity contribution < 1.29 is 4.74 Å². The summed E-state index contributed by atoms with van der Waals surface area (Å²) in [6.45, 7) is 7.29. The van der Waals surface area contributed by atoms with Crippen LogP contribution in [0.5, 0.6) is 0 Å². The fourth-order valence-corrected chi connectivity index (χ4v) is 1.71. The van der Waals surface area contributed by atoms with Gasteiger partial charge in [-0.15, -0.1) is 6.58 Å². The highest BCUT2D eigenvalue weighted by Crippen LogP contribution is 2.07. The Kier molecular flexibility index (Phi) is 4.30. The lowest BCUT2D eigenvalue weighted by molar-refractivity contribution is 0.149. The van der Waals surface area contributed by atoms with E-state index in [4.69, 9.17) is 4.74 Å². The molecular weight excluding hydrogens is 246 g/mol. The lowest BCUT2D eigenvalue weighted by atomic mass is 10.4. The summed E-state index contributed by atoms with van der Waals surface area (Å²) in [5.41, 5.74) is 0.270. The first-order chi connectivity index (χ1) is 9.22. The molecule has 2 aromatic rings. The largest absolute Gasteiger partial charge is 0.379 e. The molecule has 0 bridgehead atoms. The van der Waals surface area contributed by atoms with Crippen LogP contribution in [0.25, 0.3) is 5.65 Å². The molecule has 0 radical (unpaired) electrons. The SMILES string of the molecule is C=CCCOCCNc1cc2n[nH]c(=O)n2c(C)n1. The van der Waals surface area contributed by atoms with Gasteiger partial charge in [0.2, 0.25) is 0 Å². The predicted octanol–water partition coefficient (Wildman–Crippen LogP) is 0.731. The van der Waals surface area contributed by atoms with Crippen LogP contribution in [0.1, 0.15) is 12.2 Å². The highest BCUT2D eigenvalue weighted by atomic mass is 16.5. The molecule has 0 saturated carbocycles. The van der Waals surface area contributed by atoms with E-state index in [1.165, 1.54) is 4.40 Å². The van der Waals surface area contributed by atoms with E-state index in [9.17, 15) is 4.79 Å². The molecule has 19 heavy (non-hydrogen) atoms. The maximum absolute atomic E-state index is 11.4. The van der Waals surface area contributed by atoms with Gasteiger partial charge in [-0.05, 0) is 13.3 Å². The minimum atomic E-state index is -0.278. The molecule has 0 aliphatic heterocycles. The van der Waals surface area contributed by atoms with Crippen LogP contribution in [0.4, 0.5) is 5.82 Å². The highest BCUT2D eigenvalue weighted by Gasteiger charge is 2.06. The number of H-pyrrole nitrogens is 1. The van der Waals surface area contributed by atoms with Crippen LogP contribution >= 0.6 is 0 Å². The Morgan fingerprint density at radius 3 is 3.21 bits per heavy atom. The highest BCUT2D eigenvalue weighted by molar-refractivity contribution is 5.49. The van der Waals surface area contributed by atoms with Crippen LogP contribution in [0.2, 0.25) is 0 Å². The first-order valence-corrected chi connectivity index (χ1v) is 6.09. The Morgan fingerprint density at radius 2 is 2.42 bits per heavy atom. The zero-order chi connectivity index (χ0) is 13.7. The number of ether oxygens (including phenoxy) is 1. The van der Waals surface area contributed by atoms with Crippen LogP contribution in [0.3, 0.4) is 0 Å². The van der Waals surface area contributed by atoms with Crippen LogP contribution in [-0.4, -0.2) is 39.3 Å². The molecule has 7 nitrogen and oxygen atoms in total. The van der Waals surface area contributed by atoms with Crippen molar-refractivity contribution in [2.24, 2.45) is 0 Å². The number of aromatic nitrogens is 4. The summed E-state index contributed by atoms with van der Waals surface area (Å²) >= 11 is 0. The van der Waals surface area contributed by atoms with Gasteiger partial charge in [-0.25, -0.2) is 19.3 Å². The topological polar surface area (TPSA) is 84.3 Å². The van der Waals surface area contributed by atoms with Crippen molar-refractivity contribution in [2.75, 3.05) is 25.1 Å². The van der Waals surface area contributed by atoms with Crippen molar-refractivity contribution >= 4 is 11.5 Å². The van der Waals surface area contributed by atoms with Crippen LogP contribution in [0.15, 0.2) is 23.5 Å². The fourth-order valence-electron chi connectivity index (χ4n) is 1.71. The summed E-state index contributed by atoms with van der Waals surface area (Å²) < 4.78 is 6.80. The van der Waals surface area contributed by atoms with Gasteiger partial charge in [-0.2, -0.15) is 5.10 Å². The zero-order valence-electron chi connectivity index (χ0n) is 10.8. The number of fused-ring (bicyclic) bond motifs is 1. The predicted molar refractivity (Wildman–Crippen MR) is 72.5 cm³/mol. The first kappa shape index (κ1) is 13.3. The number of nitrogens with zero attached hydrogens (tertiary/aromatic N) is 3. The molecule has 2 aromatic heterocycles. The quantitative estimate of drug-likeness (QED) is 0.568. The second kappa shape index (κ2) is 6.14. The molecule has 7 heteroatoms. The Hall–Kier alpha value is -2.15. The standard InChI is InChI=1S/C12H17N5O2/c1-3-4-6-19-7-5-13-10-8-11-15-16-12(18)17(11)9(2)14-10/h3,8,13H,1,4-7H2,2H3,(H,16,18). The molecule has 0 saturated heterocycles. The van der Waals surface area contributed by atoms with E-state index in [0.29, 0.717) is 37.0 Å². The smallest absolute Gasteiger partial charge is 0.349 e. The molecule has 0 aliphatic carbocycles. The van der Waals surface area contributed by atoms with Gasteiger partial charge in [0.15, 0.2) is 5.65 Å². The average Bonchev–Trinajstić information content (AvgIpc) is 2.76. The molecule has 102 valence electrons. The van der Waals surface area contributed by atoms with Crippen LogP contribution < -0.4 is 11.0 Å².